The van der Waals surface area contributed by atoms with Crippen molar-refractivity contribution in [3.05, 3.63) is 61.0 Å². The predicted molar refractivity (Wildman–Crippen MR) is 155 cm³/mol. The molecule has 0 fully saturated rings. The molecule has 3 rings (SSSR count). The zero-order chi connectivity index (χ0) is 27.3. The number of ether oxygens (including phenoxy) is 2. The molecule has 9 nitrogen and oxygen atoms in total. The van der Waals surface area contributed by atoms with Gasteiger partial charge in [-0.3, -0.25) is 10.1 Å². The van der Waals surface area contributed by atoms with E-state index < -0.39 is 17.6 Å². The molecular weight excluding hydrogens is 629 g/mol. The number of halogens is 2. The van der Waals surface area contributed by atoms with Crippen molar-refractivity contribution in [2.75, 3.05) is 12.8 Å². The van der Waals surface area contributed by atoms with Crippen molar-refractivity contribution in [1.29, 1.82) is 0 Å². The first kappa shape index (κ1) is 28.7. The number of rotatable bonds is 5. The Labute approximate surface area is 238 Å². The molecule has 0 saturated carbocycles. The third kappa shape index (κ3) is 7.79. The maximum Gasteiger partial charge on any atom is 0.414 e. The lowest BCUT2D eigenvalue weighted by Crippen LogP contribution is -2.43. The summed E-state index contributed by atoms with van der Waals surface area (Å²) in [5, 5.41) is 5.93. The molecule has 1 aromatic heterocycles. The minimum Gasteiger partial charge on any atom is -0.497 e. The number of benzene rings is 2. The molecule has 0 spiro atoms. The molecule has 3 aromatic rings. The lowest BCUT2D eigenvalue weighted by molar-refractivity contribution is 0.0561. The Hall–Kier alpha value is -2.90. The third-order valence-electron chi connectivity index (χ3n) is 4.87. The Morgan fingerprint density at radius 1 is 1.22 bits per heavy atom. The van der Waals surface area contributed by atoms with Crippen LogP contribution in [0.4, 0.5) is 10.5 Å². The quantitative estimate of drug-likeness (QED) is 0.138. The van der Waals surface area contributed by atoms with Crippen LogP contribution in [-0.2, 0) is 11.3 Å². The summed E-state index contributed by atoms with van der Waals surface area (Å²) in [5.41, 5.74) is 8.02. The van der Waals surface area contributed by atoms with Gasteiger partial charge in [-0.1, -0.05) is 11.6 Å². The van der Waals surface area contributed by atoms with E-state index in [9.17, 15) is 9.59 Å². The van der Waals surface area contributed by atoms with E-state index in [1.807, 2.05) is 18.2 Å². The van der Waals surface area contributed by atoms with E-state index in [1.165, 1.54) is 11.5 Å². The van der Waals surface area contributed by atoms with Crippen LogP contribution >= 0.6 is 45.7 Å². The van der Waals surface area contributed by atoms with Crippen LogP contribution in [0.3, 0.4) is 0 Å². The smallest absolute Gasteiger partial charge is 0.414 e. The Balaban J connectivity index is 1.92. The summed E-state index contributed by atoms with van der Waals surface area (Å²) in [4.78, 5) is 30.7. The maximum absolute atomic E-state index is 13.4. The van der Waals surface area contributed by atoms with Gasteiger partial charge >= 0.3 is 6.09 Å². The molecule has 4 N–H and O–H groups in total. The fourth-order valence-electron chi connectivity index (χ4n) is 3.16. The summed E-state index contributed by atoms with van der Waals surface area (Å²) in [7, 11) is 1.58. The van der Waals surface area contributed by atoms with Crippen LogP contribution in [0.1, 0.15) is 41.6 Å². The van der Waals surface area contributed by atoms with Crippen molar-refractivity contribution >= 4 is 69.4 Å². The molecule has 2 amide bonds. The van der Waals surface area contributed by atoms with Crippen molar-refractivity contribution < 1.29 is 19.1 Å². The second-order valence-electron chi connectivity index (χ2n) is 8.91. The Kier molecular flexibility index (Phi) is 9.37. The highest BCUT2D eigenvalue weighted by Crippen LogP contribution is 2.30. The van der Waals surface area contributed by atoms with Gasteiger partial charge in [-0.2, -0.15) is 9.37 Å². The number of hydrogen-bond acceptors (Lipinski definition) is 7. The lowest BCUT2D eigenvalue weighted by Gasteiger charge is -2.20. The van der Waals surface area contributed by atoms with Crippen LogP contribution in [0.25, 0.3) is 11.3 Å². The van der Waals surface area contributed by atoms with E-state index in [1.54, 1.807) is 53.0 Å². The summed E-state index contributed by atoms with van der Waals surface area (Å²) in [5.74, 6) is 0.0427. The number of guanidine groups is 1. The number of carbonyl (C=O) groups excluding carboxylic acids is 2. The third-order valence-corrected chi connectivity index (χ3v) is 6.83. The molecular formula is C25H27ClIN5O4S. The summed E-state index contributed by atoms with van der Waals surface area (Å²) in [6, 6.07) is 10.8. The molecule has 0 saturated heterocycles. The minimum absolute atomic E-state index is 0.0755. The monoisotopic (exact) mass is 655 g/mol. The second kappa shape index (κ2) is 12.1. The molecule has 196 valence electrons. The average Bonchev–Trinajstić information content (AvgIpc) is 3.21. The van der Waals surface area contributed by atoms with E-state index in [-0.39, 0.29) is 12.5 Å². The number of nitrogen functional groups attached to an aromatic ring is 1. The summed E-state index contributed by atoms with van der Waals surface area (Å²) in [6.07, 6.45) is -0.757. The number of carbonyl (C=O) groups is 2. The number of alkyl carbamates (subject to hydrolysis) is 1. The predicted octanol–water partition coefficient (Wildman–Crippen LogP) is 5.78. The van der Waals surface area contributed by atoms with E-state index in [4.69, 9.17) is 26.8 Å². The van der Waals surface area contributed by atoms with Gasteiger partial charge in [-0.15, -0.1) is 0 Å². The first-order valence-electron chi connectivity index (χ1n) is 11.1. The SMILES string of the molecule is COc1ccc(-c2nsc(C)c2C(=O)/N=C(/NCc2cc(Cl)c(N)c(I)c2)NC(=O)OC(C)(C)C)cc1. The van der Waals surface area contributed by atoms with Crippen molar-refractivity contribution in [1.82, 2.24) is 15.0 Å². The summed E-state index contributed by atoms with van der Waals surface area (Å²) < 4.78 is 15.8. The number of nitrogens with two attached hydrogens (primary N) is 1. The highest BCUT2D eigenvalue weighted by atomic mass is 127. The molecule has 0 atom stereocenters. The largest absolute Gasteiger partial charge is 0.497 e. The van der Waals surface area contributed by atoms with Crippen LogP contribution in [0.15, 0.2) is 41.4 Å². The number of amides is 2. The second-order valence-corrected chi connectivity index (χ2v) is 11.5. The first-order valence-corrected chi connectivity index (χ1v) is 13.3. The lowest BCUT2D eigenvalue weighted by atomic mass is 10.1. The number of anilines is 1. The maximum atomic E-state index is 13.4. The minimum atomic E-state index is -0.757. The fourth-order valence-corrected chi connectivity index (χ4v) is 4.96. The Morgan fingerprint density at radius 2 is 1.89 bits per heavy atom. The number of aromatic nitrogens is 1. The van der Waals surface area contributed by atoms with Crippen LogP contribution in [-0.4, -0.2) is 35.0 Å². The number of nitrogens with zero attached hydrogens (tertiary/aromatic N) is 2. The summed E-state index contributed by atoms with van der Waals surface area (Å²) >= 11 is 9.49. The number of aryl methyl sites for hydroxylation is 1. The highest BCUT2D eigenvalue weighted by Gasteiger charge is 2.22. The van der Waals surface area contributed by atoms with E-state index >= 15 is 0 Å². The zero-order valence-electron chi connectivity index (χ0n) is 20.9. The molecule has 0 unspecified atom stereocenters. The normalized spacial score (nSPS) is 11.7. The number of methoxy groups -OCH3 is 1. The van der Waals surface area contributed by atoms with Crippen LogP contribution in [0, 0.1) is 10.5 Å². The zero-order valence-corrected chi connectivity index (χ0v) is 24.7. The number of hydrogen-bond donors (Lipinski definition) is 3. The molecule has 0 aliphatic rings. The Morgan fingerprint density at radius 3 is 2.49 bits per heavy atom. The van der Waals surface area contributed by atoms with Crippen LogP contribution < -0.4 is 21.1 Å². The summed E-state index contributed by atoms with van der Waals surface area (Å²) in [6.45, 7) is 7.22. The van der Waals surface area contributed by atoms with Crippen molar-refractivity contribution in [3.8, 4) is 17.0 Å². The molecule has 12 heteroatoms. The molecule has 0 aliphatic heterocycles. The van der Waals surface area contributed by atoms with Gasteiger partial charge in [-0.25, -0.2) is 4.79 Å². The van der Waals surface area contributed by atoms with Crippen molar-refractivity contribution in [2.45, 2.75) is 39.8 Å². The Bertz CT molecular complexity index is 1310. The molecule has 2 aromatic carbocycles. The fraction of sp³-hybridized carbons (Fsp3) is 0.280. The van der Waals surface area contributed by atoms with Gasteiger partial charge in [0, 0.05) is 20.6 Å². The topological polar surface area (TPSA) is 128 Å². The van der Waals surface area contributed by atoms with Crippen molar-refractivity contribution in [3.63, 3.8) is 0 Å². The number of nitrogens with one attached hydrogen (secondary N) is 2. The van der Waals surface area contributed by atoms with Gasteiger partial charge < -0.3 is 20.5 Å². The van der Waals surface area contributed by atoms with Gasteiger partial charge in [-0.05, 0) is 104 Å². The molecule has 0 aliphatic carbocycles. The van der Waals surface area contributed by atoms with E-state index in [0.29, 0.717) is 32.6 Å². The van der Waals surface area contributed by atoms with Gasteiger partial charge in [0.05, 0.1) is 29.1 Å². The van der Waals surface area contributed by atoms with E-state index in [0.717, 1.165) is 14.7 Å². The standard InChI is InChI=1S/C25H27ClIN5O4S/c1-13-19(21(32-37-13)15-6-8-16(35-5)9-7-15)22(33)30-23(31-24(34)36-25(2,3)4)29-12-14-10-17(26)20(28)18(27)11-14/h6-11H,12,28H2,1-5H3,(H2,29,30,31,33,34). The van der Waals surface area contributed by atoms with Crippen LogP contribution in [0.5, 0.6) is 5.75 Å². The van der Waals surface area contributed by atoms with Crippen molar-refractivity contribution in [2.24, 2.45) is 4.99 Å². The highest BCUT2D eigenvalue weighted by molar-refractivity contribution is 14.1. The molecule has 0 radical (unpaired) electrons. The van der Waals surface area contributed by atoms with Gasteiger partial charge in [0.2, 0.25) is 5.96 Å². The molecule has 37 heavy (non-hydrogen) atoms. The van der Waals surface area contributed by atoms with Gasteiger partial charge in [0.1, 0.15) is 11.4 Å². The molecule has 0 bridgehead atoms. The molecule has 1 heterocycles. The average molecular weight is 656 g/mol. The van der Waals surface area contributed by atoms with Gasteiger partial charge in [0.25, 0.3) is 5.91 Å². The van der Waals surface area contributed by atoms with E-state index in [2.05, 4.69) is 42.6 Å². The number of aliphatic imine (C=N–C) groups is 1. The first-order chi connectivity index (χ1) is 17.4. The van der Waals surface area contributed by atoms with Crippen LogP contribution in [0.2, 0.25) is 5.02 Å². The van der Waals surface area contributed by atoms with Gasteiger partial charge in [0.15, 0.2) is 0 Å².